The highest BCUT2D eigenvalue weighted by molar-refractivity contribution is 6.00. The number of rotatable bonds is 4. The van der Waals surface area contributed by atoms with Gasteiger partial charge in [-0.1, -0.05) is 31.2 Å². The third-order valence-electron chi connectivity index (χ3n) is 5.83. The number of hydrogen-bond acceptors (Lipinski definition) is 4. The number of benzene rings is 2. The minimum Gasteiger partial charge on any atom is -0.326 e. The number of piperidine rings is 1. The van der Waals surface area contributed by atoms with Crippen LogP contribution in [0.3, 0.4) is 0 Å². The lowest BCUT2D eigenvalue weighted by molar-refractivity contribution is -0.126. The van der Waals surface area contributed by atoms with E-state index in [9.17, 15) is 14.0 Å². The van der Waals surface area contributed by atoms with Crippen LogP contribution in [-0.2, 0) is 9.59 Å². The van der Waals surface area contributed by atoms with Gasteiger partial charge in [0.05, 0.1) is 23.6 Å². The molecule has 2 heterocycles. The largest absolute Gasteiger partial charge is 0.326 e. The average molecular weight is 396 g/mol. The van der Waals surface area contributed by atoms with Gasteiger partial charge in [0.15, 0.2) is 0 Å². The molecule has 29 heavy (non-hydrogen) atoms. The molecule has 3 unspecified atom stereocenters. The van der Waals surface area contributed by atoms with Gasteiger partial charge in [-0.05, 0) is 43.3 Å². The number of para-hydroxylation sites is 1. The molecular formula is C22H25FN4O2. The van der Waals surface area contributed by atoms with Crippen molar-refractivity contribution in [3.05, 3.63) is 59.9 Å². The van der Waals surface area contributed by atoms with E-state index in [1.807, 2.05) is 37.3 Å². The molecule has 0 aromatic heterocycles. The van der Waals surface area contributed by atoms with Gasteiger partial charge in [-0.2, -0.15) is 0 Å². The first kappa shape index (κ1) is 19.5. The van der Waals surface area contributed by atoms with Gasteiger partial charge in [-0.25, -0.2) is 14.8 Å². The summed E-state index contributed by atoms with van der Waals surface area (Å²) in [6.45, 7) is 5.61. The van der Waals surface area contributed by atoms with E-state index in [1.54, 1.807) is 24.1 Å². The summed E-state index contributed by atoms with van der Waals surface area (Å²) in [7, 11) is 0. The molecule has 0 bridgehead atoms. The van der Waals surface area contributed by atoms with E-state index in [2.05, 4.69) is 15.6 Å². The van der Waals surface area contributed by atoms with E-state index < -0.39 is 5.92 Å². The smallest absolute Gasteiger partial charge is 0.247 e. The van der Waals surface area contributed by atoms with Gasteiger partial charge < -0.3 is 10.2 Å². The quantitative estimate of drug-likeness (QED) is 0.834. The fourth-order valence-electron chi connectivity index (χ4n) is 4.12. The number of fused-ring (bicyclic) bond motifs is 1. The van der Waals surface area contributed by atoms with Crippen molar-refractivity contribution in [1.82, 2.24) is 10.3 Å². The van der Waals surface area contributed by atoms with Crippen LogP contribution in [0.2, 0.25) is 0 Å². The molecule has 2 fully saturated rings. The van der Waals surface area contributed by atoms with E-state index in [0.29, 0.717) is 24.3 Å². The molecule has 0 radical (unpaired) electrons. The lowest BCUT2D eigenvalue weighted by Gasteiger charge is -2.37. The van der Waals surface area contributed by atoms with Crippen molar-refractivity contribution in [2.45, 2.75) is 19.9 Å². The summed E-state index contributed by atoms with van der Waals surface area (Å²) in [4.78, 5) is 28.3. The Hall–Kier alpha value is -2.77. The van der Waals surface area contributed by atoms with Crippen LogP contribution >= 0.6 is 0 Å². The lowest BCUT2D eigenvalue weighted by Crippen LogP contribution is -2.55. The number of nitrogens with one attached hydrogen (secondary N) is 2. The van der Waals surface area contributed by atoms with Gasteiger partial charge >= 0.3 is 0 Å². The molecule has 2 saturated heterocycles. The third kappa shape index (κ3) is 3.75. The normalized spacial score (nSPS) is 24.4. The second-order valence-electron chi connectivity index (χ2n) is 7.68. The number of anilines is 2. The topological polar surface area (TPSA) is 64.7 Å². The Morgan fingerprint density at radius 3 is 2.66 bits per heavy atom. The van der Waals surface area contributed by atoms with Gasteiger partial charge in [0.25, 0.3) is 0 Å². The Morgan fingerprint density at radius 2 is 1.97 bits per heavy atom. The summed E-state index contributed by atoms with van der Waals surface area (Å²) in [6, 6.07) is 13.7. The summed E-state index contributed by atoms with van der Waals surface area (Å²) < 4.78 is 13.9. The SMILES string of the molecule is CCN1CC(C(=O)Nc2ccc(C)c(F)c2)C2NN(c3ccccc3)C(=O)C2C1. The van der Waals surface area contributed by atoms with E-state index in [1.165, 1.54) is 6.07 Å². The van der Waals surface area contributed by atoms with Crippen molar-refractivity contribution in [1.29, 1.82) is 0 Å². The Kier molecular flexibility index (Phi) is 5.34. The third-order valence-corrected chi connectivity index (χ3v) is 5.83. The number of halogens is 1. The molecule has 2 amide bonds. The van der Waals surface area contributed by atoms with Crippen LogP contribution in [0.4, 0.5) is 15.8 Å². The van der Waals surface area contributed by atoms with Crippen molar-refractivity contribution in [2.24, 2.45) is 11.8 Å². The van der Waals surface area contributed by atoms with Crippen molar-refractivity contribution in [3.8, 4) is 0 Å². The molecule has 6 nitrogen and oxygen atoms in total. The Balaban J connectivity index is 1.57. The summed E-state index contributed by atoms with van der Waals surface area (Å²) in [5.74, 6) is -1.34. The first-order chi connectivity index (χ1) is 14.0. The summed E-state index contributed by atoms with van der Waals surface area (Å²) in [5, 5.41) is 4.39. The van der Waals surface area contributed by atoms with Crippen LogP contribution in [0.15, 0.2) is 48.5 Å². The lowest BCUT2D eigenvalue weighted by atomic mass is 9.84. The fourth-order valence-corrected chi connectivity index (χ4v) is 4.12. The van der Waals surface area contributed by atoms with Crippen LogP contribution in [-0.4, -0.2) is 42.4 Å². The number of aryl methyl sites for hydroxylation is 1. The first-order valence-electron chi connectivity index (χ1n) is 9.92. The zero-order valence-corrected chi connectivity index (χ0v) is 16.6. The molecule has 0 saturated carbocycles. The van der Waals surface area contributed by atoms with E-state index >= 15 is 0 Å². The number of hydrogen-bond donors (Lipinski definition) is 2. The number of carbonyl (C=O) groups excluding carboxylic acids is 2. The summed E-state index contributed by atoms with van der Waals surface area (Å²) in [5.41, 5.74) is 4.97. The molecular weight excluding hydrogens is 371 g/mol. The first-order valence-corrected chi connectivity index (χ1v) is 9.92. The Morgan fingerprint density at radius 1 is 1.21 bits per heavy atom. The highest BCUT2D eigenvalue weighted by Gasteiger charge is 2.50. The van der Waals surface area contributed by atoms with Gasteiger partial charge in [0.2, 0.25) is 11.8 Å². The molecule has 152 valence electrons. The van der Waals surface area contributed by atoms with E-state index in [0.717, 1.165) is 12.2 Å². The van der Waals surface area contributed by atoms with Gasteiger partial charge in [0.1, 0.15) is 5.82 Å². The Labute approximate surface area is 169 Å². The van der Waals surface area contributed by atoms with Crippen molar-refractivity contribution >= 4 is 23.2 Å². The van der Waals surface area contributed by atoms with E-state index in [4.69, 9.17) is 0 Å². The summed E-state index contributed by atoms with van der Waals surface area (Å²) >= 11 is 0. The highest BCUT2D eigenvalue weighted by Crippen LogP contribution is 2.32. The monoisotopic (exact) mass is 396 g/mol. The molecule has 2 aromatic carbocycles. The highest BCUT2D eigenvalue weighted by atomic mass is 19.1. The standard InChI is InChI=1S/C22H25FN4O2/c1-3-26-12-17(21(28)24-15-10-9-14(2)19(23)11-15)20-18(13-26)22(29)27(25-20)16-7-5-4-6-8-16/h4-11,17-18,20,25H,3,12-13H2,1-2H3,(H,24,28). The molecule has 0 aliphatic carbocycles. The predicted molar refractivity (Wildman–Crippen MR) is 110 cm³/mol. The van der Waals surface area contributed by atoms with Gasteiger partial charge in [-0.15, -0.1) is 0 Å². The number of likely N-dealkylation sites (tertiary alicyclic amines) is 1. The van der Waals surface area contributed by atoms with Crippen LogP contribution in [0.25, 0.3) is 0 Å². The van der Waals surface area contributed by atoms with Crippen molar-refractivity contribution in [2.75, 3.05) is 30.0 Å². The van der Waals surface area contributed by atoms with Crippen molar-refractivity contribution < 1.29 is 14.0 Å². The maximum Gasteiger partial charge on any atom is 0.247 e. The molecule has 2 aliphatic heterocycles. The number of amides is 2. The average Bonchev–Trinajstić information content (AvgIpc) is 3.07. The van der Waals surface area contributed by atoms with Gasteiger partial charge in [-0.3, -0.25) is 9.59 Å². The molecule has 2 aromatic rings. The maximum absolute atomic E-state index is 13.9. The number of hydrazine groups is 1. The van der Waals surface area contributed by atoms with Crippen LogP contribution < -0.4 is 15.8 Å². The molecule has 2 N–H and O–H groups in total. The minimum absolute atomic E-state index is 0.0291. The van der Waals surface area contributed by atoms with Gasteiger partial charge in [0, 0.05) is 18.8 Å². The van der Waals surface area contributed by atoms with Crippen LogP contribution in [0.1, 0.15) is 12.5 Å². The van der Waals surface area contributed by atoms with Crippen LogP contribution in [0.5, 0.6) is 0 Å². The number of carbonyl (C=O) groups is 2. The van der Waals surface area contributed by atoms with E-state index in [-0.39, 0.29) is 29.6 Å². The molecule has 7 heteroatoms. The fraction of sp³-hybridized carbons (Fsp3) is 0.364. The zero-order chi connectivity index (χ0) is 20.5. The zero-order valence-electron chi connectivity index (χ0n) is 16.6. The molecule has 0 spiro atoms. The predicted octanol–water partition coefficient (Wildman–Crippen LogP) is 2.56. The second-order valence-corrected chi connectivity index (χ2v) is 7.68. The molecule has 3 atom stereocenters. The maximum atomic E-state index is 13.9. The second kappa shape index (κ2) is 7.93. The molecule has 2 aliphatic rings. The summed E-state index contributed by atoms with van der Waals surface area (Å²) in [6.07, 6.45) is 0. The minimum atomic E-state index is -0.435. The number of nitrogens with zero attached hydrogens (tertiary/aromatic N) is 2. The van der Waals surface area contributed by atoms with Crippen molar-refractivity contribution in [3.63, 3.8) is 0 Å². The Bertz CT molecular complexity index is 920. The molecule has 4 rings (SSSR count). The van der Waals surface area contributed by atoms with Crippen LogP contribution in [0, 0.1) is 24.6 Å².